The van der Waals surface area contributed by atoms with Gasteiger partial charge in [-0.1, -0.05) is 6.92 Å². The van der Waals surface area contributed by atoms with Crippen LogP contribution in [0, 0.1) is 6.92 Å². The molecule has 116 valence electrons. The molecule has 0 aliphatic heterocycles. The molecule has 0 aromatic carbocycles. The lowest BCUT2D eigenvalue weighted by Gasteiger charge is -2.16. The number of sulfonamides is 1. The smallest absolute Gasteiger partial charge is 0.244 e. The molecule has 2 aromatic heterocycles. The minimum absolute atomic E-state index is 0.295. The van der Waals surface area contributed by atoms with Crippen molar-refractivity contribution < 1.29 is 8.42 Å². The van der Waals surface area contributed by atoms with Gasteiger partial charge in [0.25, 0.3) is 0 Å². The molecule has 0 aliphatic carbocycles. The van der Waals surface area contributed by atoms with Crippen LogP contribution in [0.3, 0.4) is 0 Å². The molecule has 8 heteroatoms. The molecule has 0 amide bonds. The van der Waals surface area contributed by atoms with E-state index >= 15 is 0 Å². The third-order valence-electron chi connectivity index (χ3n) is 2.98. The molecule has 21 heavy (non-hydrogen) atoms. The minimum Gasteiger partial charge on any atom is -0.312 e. The van der Waals surface area contributed by atoms with E-state index in [-0.39, 0.29) is 0 Å². The van der Waals surface area contributed by atoms with E-state index in [2.05, 4.69) is 10.3 Å². The van der Waals surface area contributed by atoms with E-state index in [0.717, 1.165) is 22.1 Å². The summed E-state index contributed by atoms with van der Waals surface area (Å²) in [7, 11) is -1.88. The van der Waals surface area contributed by atoms with E-state index < -0.39 is 10.0 Å². The second-order valence-corrected chi connectivity index (χ2v) is 8.68. The third-order valence-corrected chi connectivity index (χ3v) is 6.74. The van der Waals surface area contributed by atoms with Crippen LogP contribution in [0.25, 0.3) is 0 Å². The summed E-state index contributed by atoms with van der Waals surface area (Å²) < 4.78 is 26.7. The number of aryl methyl sites for hydroxylation is 1. The van der Waals surface area contributed by atoms with E-state index in [4.69, 9.17) is 0 Å². The van der Waals surface area contributed by atoms with Gasteiger partial charge < -0.3 is 5.32 Å². The maximum Gasteiger partial charge on any atom is 0.244 e. The second-order valence-electron chi connectivity index (χ2n) is 4.61. The Morgan fingerprint density at radius 3 is 2.76 bits per heavy atom. The Hall–Kier alpha value is -0.800. The third kappa shape index (κ3) is 3.89. The van der Waals surface area contributed by atoms with Gasteiger partial charge in [0.15, 0.2) is 0 Å². The molecule has 0 unspecified atom stereocenters. The first kappa shape index (κ1) is 16.6. The molecule has 0 saturated carbocycles. The summed E-state index contributed by atoms with van der Waals surface area (Å²) in [6.45, 7) is 5.59. The fourth-order valence-electron chi connectivity index (χ4n) is 1.89. The topological polar surface area (TPSA) is 62.3 Å². The number of nitrogens with zero attached hydrogens (tertiary/aromatic N) is 2. The van der Waals surface area contributed by atoms with Gasteiger partial charge >= 0.3 is 0 Å². The molecule has 0 saturated heterocycles. The summed E-state index contributed by atoms with van der Waals surface area (Å²) in [4.78, 5) is 5.56. The number of thiophene rings is 1. The number of nitrogens with one attached hydrogen (secondary N) is 1. The summed E-state index contributed by atoms with van der Waals surface area (Å²) in [5.41, 5.74) is 0.784. The largest absolute Gasteiger partial charge is 0.312 e. The normalized spacial score (nSPS) is 12.2. The Balaban J connectivity index is 2.19. The number of hydrogen-bond acceptors (Lipinski definition) is 6. The van der Waals surface area contributed by atoms with Crippen molar-refractivity contribution in [2.24, 2.45) is 0 Å². The van der Waals surface area contributed by atoms with Gasteiger partial charge in [-0.2, -0.15) is 4.31 Å². The Morgan fingerprint density at radius 2 is 2.14 bits per heavy atom. The Morgan fingerprint density at radius 1 is 1.38 bits per heavy atom. The molecule has 0 bridgehead atoms. The Bertz CT molecular complexity index is 691. The summed E-state index contributed by atoms with van der Waals surface area (Å²) in [5.74, 6) is 0. The SMILES string of the molecule is CCNCc1sccc1S(=O)(=O)N(C)Cc1csc(C)n1. The van der Waals surface area contributed by atoms with Crippen LogP contribution < -0.4 is 5.32 Å². The summed E-state index contributed by atoms with van der Waals surface area (Å²) in [5, 5.41) is 7.83. The average molecular weight is 346 g/mol. The van der Waals surface area contributed by atoms with Crippen molar-refractivity contribution in [3.8, 4) is 0 Å². The van der Waals surface area contributed by atoms with Crippen molar-refractivity contribution in [1.29, 1.82) is 0 Å². The molecule has 0 atom stereocenters. The molecule has 2 aromatic rings. The quantitative estimate of drug-likeness (QED) is 0.837. The van der Waals surface area contributed by atoms with Crippen molar-refractivity contribution in [3.63, 3.8) is 0 Å². The first-order chi connectivity index (χ1) is 9.95. The Labute approximate surface area is 133 Å². The minimum atomic E-state index is -3.48. The van der Waals surface area contributed by atoms with Crippen LogP contribution in [0.2, 0.25) is 0 Å². The molecular formula is C13H19N3O2S3. The van der Waals surface area contributed by atoms with Crippen molar-refractivity contribution in [2.75, 3.05) is 13.6 Å². The lowest BCUT2D eigenvalue weighted by atomic mass is 10.4. The van der Waals surface area contributed by atoms with Gasteiger partial charge in [-0.3, -0.25) is 0 Å². The number of rotatable bonds is 7. The van der Waals surface area contributed by atoms with Crippen LogP contribution in [0.5, 0.6) is 0 Å². The molecule has 0 radical (unpaired) electrons. The molecule has 1 N–H and O–H groups in total. The van der Waals surface area contributed by atoms with Gasteiger partial charge in [-0.25, -0.2) is 13.4 Å². The lowest BCUT2D eigenvalue weighted by Crippen LogP contribution is -2.27. The molecule has 0 aliphatic rings. The number of hydrogen-bond donors (Lipinski definition) is 1. The second kappa shape index (κ2) is 6.97. The van der Waals surface area contributed by atoms with Gasteiger partial charge in [-0.05, 0) is 24.9 Å². The van der Waals surface area contributed by atoms with Gasteiger partial charge in [0, 0.05) is 23.8 Å². The highest BCUT2D eigenvalue weighted by Gasteiger charge is 2.25. The molecule has 2 heterocycles. The zero-order chi connectivity index (χ0) is 15.5. The predicted molar refractivity (Wildman–Crippen MR) is 87.2 cm³/mol. The zero-order valence-corrected chi connectivity index (χ0v) is 14.7. The summed E-state index contributed by atoms with van der Waals surface area (Å²) in [6, 6.07) is 1.68. The average Bonchev–Trinajstić information content (AvgIpc) is 3.05. The zero-order valence-electron chi connectivity index (χ0n) is 12.3. The van der Waals surface area contributed by atoms with E-state index in [1.807, 2.05) is 24.6 Å². The number of thiazole rings is 1. The number of aromatic nitrogens is 1. The van der Waals surface area contributed by atoms with Gasteiger partial charge in [0.1, 0.15) is 0 Å². The molecule has 0 spiro atoms. The molecular weight excluding hydrogens is 326 g/mol. The molecule has 0 fully saturated rings. The summed E-state index contributed by atoms with van der Waals surface area (Å²) in [6.07, 6.45) is 0. The van der Waals surface area contributed by atoms with Crippen molar-refractivity contribution in [2.45, 2.75) is 31.8 Å². The first-order valence-corrected chi connectivity index (χ1v) is 9.79. The van der Waals surface area contributed by atoms with E-state index in [9.17, 15) is 8.42 Å². The fraction of sp³-hybridized carbons (Fsp3) is 0.462. The van der Waals surface area contributed by atoms with Crippen LogP contribution in [0.15, 0.2) is 21.7 Å². The monoisotopic (exact) mass is 345 g/mol. The lowest BCUT2D eigenvalue weighted by molar-refractivity contribution is 0.462. The standard InChI is InChI=1S/C13H19N3O2S3/c1-4-14-7-12-13(5-6-19-12)21(17,18)16(3)8-11-9-20-10(2)15-11/h5-6,9,14H,4,7-8H2,1-3H3. The van der Waals surface area contributed by atoms with Crippen LogP contribution in [-0.2, 0) is 23.1 Å². The van der Waals surface area contributed by atoms with Crippen molar-refractivity contribution >= 4 is 32.7 Å². The van der Waals surface area contributed by atoms with E-state index in [0.29, 0.717) is 18.0 Å². The van der Waals surface area contributed by atoms with E-state index in [1.54, 1.807) is 13.1 Å². The maximum atomic E-state index is 12.7. The van der Waals surface area contributed by atoms with Crippen LogP contribution in [-0.4, -0.2) is 31.3 Å². The van der Waals surface area contributed by atoms with Crippen LogP contribution in [0.4, 0.5) is 0 Å². The van der Waals surface area contributed by atoms with Gasteiger partial charge in [0.2, 0.25) is 10.0 Å². The van der Waals surface area contributed by atoms with Crippen LogP contribution in [0.1, 0.15) is 22.5 Å². The first-order valence-electron chi connectivity index (χ1n) is 6.59. The predicted octanol–water partition coefficient (Wildman–Crippen LogP) is 2.44. The highest BCUT2D eigenvalue weighted by atomic mass is 32.2. The summed E-state index contributed by atoms with van der Waals surface area (Å²) >= 11 is 2.99. The fourth-order valence-corrected chi connectivity index (χ4v) is 5.01. The van der Waals surface area contributed by atoms with Crippen molar-refractivity contribution in [1.82, 2.24) is 14.6 Å². The molecule has 5 nitrogen and oxygen atoms in total. The Kier molecular flexibility index (Phi) is 5.50. The highest BCUT2D eigenvalue weighted by molar-refractivity contribution is 7.89. The molecule has 2 rings (SSSR count). The highest BCUT2D eigenvalue weighted by Crippen LogP contribution is 2.25. The van der Waals surface area contributed by atoms with Crippen molar-refractivity contribution in [3.05, 3.63) is 32.4 Å². The van der Waals surface area contributed by atoms with Gasteiger partial charge in [-0.15, -0.1) is 22.7 Å². The maximum absolute atomic E-state index is 12.7. The van der Waals surface area contributed by atoms with Gasteiger partial charge in [0.05, 0.1) is 22.1 Å². The van der Waals surface area contributed by atoms with Crippen LogP contribution >= 0.6 is 22.7 Å². The van der Waals surface area contributed by atoms with E-state index in [1.165, 1.54) is 27.0 Å².